The molecule has 98 valence electrons. The number of ether oxygens (including phenoxy) is 2. The molecule has 1 saturated heterocycles. The van der Waals surface area contributed by atoms with E-state index in [9.17, 15) is 4.79 Å². The number of amides is 1. The summed E-state index contributed by atoms with van der Waals surface area (Å²) < 4.78 is 11.3. The highest BCUT2D eigenvalue weighted by Gasteiger charge is 2.20. The van der Waals surface area contributed by atoms with Crippen LogP contribution in [0.1, 0.15) is 18.5 Å². The average molecular weight is 316 g/mol. The highest BCUT2D eigenvalue weighted by molar-refractivity contribution is 9.10. The van der Waals surface area contributed by atoms with E-state index in [2.05, 4.69) is 31.2 Å². The largest absolute Gasteiger partial charge is 0.480 e. The molecule has 0 bridgehead atoms. The van der Waals surface area contributed by atoms with Gasteiger partial charge in [0.1, 0.15) is 10.3 Å². The fourth-order valence-corrected chi connectivity index (χ4v) is 2.00. The van der Waals surface area contributed by atoms with Gasteiger partial charge >= 0.3 is 0 Å². The Morgan fingerprint density at radius 2 is 2.44 bits per heavy atom. The summed E-state index contributed by atoms with van der Waals surface area (Å²) in [6.45, 7) is 0.794. The van der Waals surface area contributed by atoms with Crippen molar-refractivity contribution in [3.63, 3.8) is 0 Å². The summed E-state index contributed by atoms with van der Waals surface area (Å²) in [5.41, 5.74) is 0.644. The average Bonchev–Trinajstić information content (AvgIpc) is 2.77. The molecular weight excluding hydrogens is 302 g/mol. The predicted molar refractivity (Wildman–Crippen MR) is 67.1 cm³/mol. The number of carbonyl (C=O) groups excluding carboxylic acids is 1. The molecule has 1 N–H and O–H groups in total. The first kappa shape index (κ1) is 13.2. The first-order chi connectivity index (χ1) is 8.69. The molecule has 1 fully saturated rings. The van der Waals surface area contributed by atoms with Gasteiger partial charge in [-0.25, -0.2) is 4.98 Å². The molecule has 1 aromatic heterocycles. The normalized spacial score (nSPS) is 18.8. The summed E-state index contributed by atoms with van der Waals surface area (Å²) in [6, 6.07) is 0.104. The summed E-state index contributed by atoms with van der Waals surface area (Å²) in [4.78, 5) is 19.3. The topological polar surface area (TPSA) is 73.3 Å². The van der Waals surface area contributed by atoms with E-state index in [1.165, 1.54) is 7.11 Å². The second kappa shape index (κ2) is 6.10. The van der Waals surface area contributed by atoms with E-state index in [0.717, 1.165) is 6.42 Å². The SMILES string of the molecule is COc1nc(Br)cnc1COCC1CCC(=O)N1. The molecule has 1 aromatic rings. The van der Waals surface area contributed by atoms with Gasteiger partial charge in [-0.2, -0.15) is 0 Å². The Hall–Kier alpha value is -1.21. The standard InChI is InChI=1S/C11H14BrN3O3/c1-17-11-8(13-4-9(12)15-11)6-18-5-7-2-3-10(16)14-7/h4,7H,2-3,5-6H2,1H3,(H,14,16). The molecule has 0 aromatic carbocycles. The van der Waals surface area contributed by atoms with E-state index in [0.29, 0.717) is 35.8 Å². The number of hydrogen-bond donors (Lipinski definition) is 1. The molecule has 2 rings (SSSR count). The third-order valence-corrected chi connectivity index (χ3v) is 3.00. The summed E-state index contributed by atoms with van der Waals surface area (Å²) in [5.74, 6) is 0.532. The quantitative estimate of drug-likeness (QED) is 0.879. The molecule has 2 heterocycles. The molecule has 0 saturated carbocycles. The fraction of sp³-hybridized carbons (Fsp3) is 0.545. The monoisotopic (exact) mass is 315 g/mol. The highest BCUT2D eigenvalue weighted by atomic mass is 79.9. The fourth-order valence-electron chi connectivity index (χ4n) is 1.74. The maximum Gasteiger partial charge on any atom is 0.238 e. The number of aromatic nitrogens is 2. The van der Waals surface area contributed by atoms with Crippen molar-refractivity contribution in [2.45, 2.75) is 25.5 Å². The number of nitrogens with zero attached hydrogens (tertiary/aromatic N) is 2. The maximum atomic E-state index is 11.0. The molecule has 1 amide bonds. The molecule has 1 aliphatic heterocycles. The van der Waals surface area contributed by atoms with E-state index in [-0.39, 0.29) is 11.9 Å². The van der Waals surface area contributed by atoms with Crippen LogP contribution in [0.2, 0.25) is 0 Å². The van der Waals surface area contributed by atoms with Crippen LogP contribution in [0, 0.1) is 0 Å². The first-order valence-corrected chi connectivity index (χ1v) is 6.41. The number of carbonyl (C=O) groups is 1. The molecule has 1 unspecified atom stereocenters. The predicted octanol–water partition coefficient (Wildman–Crippen LogP) is 1.04. The van der Waals surface area contributed by atoms with E-state index < -0.39 is 0 Å². The smallest absolute Gasteiger partial charge is 0.238 e. The number of hydrogen-bond acceptors (Lipinski definition) is 5. The lowest BCUT2D eigenvalue weighted by Crippen LogP contribution is -2.29. The Balaban J connectivity index is 1.84. The Labute approximate surface area is 113 Å². The number of rotatable bonds is 5. The summed E-state index contributed by atoms with van der Waals surface area (Å²) >= 11 is 3.22. The van der Waals surface area contributed by atoms with Crippen molar-refractivity contribution in [3.05, 3.63) is 16.5 Å². The van der Waals surface area contributed by atoms with Crippen LogP contribution >= 0.6 is 15.9 Å². The van der Waals surface area contributed by atoms with Crippen LogP contribution in [0.3, 0.4) is 0 Å². The molecular formula is C11H14BrN3O3. The highest BCUT2D eigenvalue weighted by Crippen LogP contribution is 2.17. The minimum absolute atomic E-state index is 0.0876. The Morgan fingerprint density at radius 3 is 3.11 bits per heavy atom. The van der Waals surface area contributed by atoms with Crippen molar-refractivity contribution >= 4 is 21.8 Å². The van der Waals surface area contributed by atoms with Gasteiger partial charge < -0.3 is 14.8 Å². The van der Waals surface area contributed by atoms with Gasteiger partial charge in [-0.15, -0.1) is 0 Å². The molecule has 0 aliphatic carbocycles. The van der Waals surface area contributed by atoms with Gasteiger partial charge in [0, 0.05) is 6.42 Å². The van der Waals surface area contributed by atoms with Gasteiger partial charge in [-0.05, 0) is 22.4 Å². The van der Waals surface area contributed by atoms with E-state index in [1.54, 1.807) is 6.20 Å². The van der Waals surface area contributed by atoms with E-state index >= 15 is 0 Å². The Bertz CT molecular complexity index is 442. The van der Waals surface area contributed by atoms with Crippen LogP contribution in [-0.4, -0.2) is 35.6 Å². The van der Waals surface area contributed by atoms with Crippen molar-refractivity contribution in [1.82, 2.24) is 15.3 Å². The summed E-state index contributed by atoms with van der Waals surface area (Å²) in [6.07, 6.45) is 3.00. The molecule has 18 heavy (non-hydrogen) atoms. The maximum absolute atomic E-state index is 11.0. The first-order valence-electron chi connectivity index (χ1n) is 5.61. The van der Waals surface area contributed by atoms with Gasteiger partial charge in [-0.1, -0.05) is 0 Å². The Kier molecular flexibility index (Phi) is 4.48. The van der Waals surface area contributed by atoms with Gasteiger partial charge in [-0.3, -0.25) is 9.78 Å². The molecule has 0 spiro atoms. The van der Waals surface area contributed by atoms with E-state index in [1.807, 2.05) is 0 Å². The molecule has 0 radical (unpaired) electrons. The van der Waals surface area contributed by atoms with Gasteiger partial charge in [0.2, 0.25) is 11.8 Å². The van der Waals surface area contributed by atoms with Crippen LogP contribution in [0.4, 0.5) is 0 Å². The Morgan fingerprint density at radius 1 is 1.61 bits per heavy atom. The number of nitrogens with one attached hydrogen (secondary N) is 1. The zero-order valence-electron chi connectivity index (χ0n) is 9.98. The van der Waals surface area contributed by atoms with Gasteiger partial charge in [0.25, 0.3) is 0 Å². The van der Waals surface area contributed by atoms with Crippen molar-refractivity contribution < 1.29 is 14.3 Å². The molecule has 1 atom stereocenters. The second-order valence-corrected chi connectivity index (χ2v) is 4.78. The minimum Gasteiger partial charge on any atom is -0.480 e. The minimum atomic E-state index is 0.0876. The van der Waals surface area contributed by atoms with Crippen molar-refractivity contribution in [3.8, 4) is 5.88 Å². The third-order valence-electron chi connectivity index (χ3n) is 2.62. The lowest BCUT2D eigenvalue weighted by atomic mass is 10.2. The van der Waals surface area contributed by atoms with Crippen LogP contribution < -0.4 is 10.1 Å². The van der Waals surface area contributed by atoms with Crippen LogP contribution in [0.25, 0.3) is 0 Å². The molecule has 1 aliphatic rings. The van der Waals surface area contributed by atoms with Crippen LogP contribution in [0.5, 0.6) is 5.88 Å². The zero-order chi connectivity index (χ0) is 13.0. The lowest BCUT2D eigenvalue weighted by Gasteiger charge is -2.11. The summed E-state index contributed by atoms with van der Waals surface area (Å²) in [7, 11) is 1.54. The van der Waals surface area contributed by atoms with Gasteiger partial charge in [0.05, 0.1) is 32.6 Å². The van der Waals surface area contributed by atoms with Crippen LogP contribution in [-0.2, 0) is 16.1 Å². The lowest BCUT2D eigenvalue weighted by molar-refractivity contribution is -0.119. The van der Waals surface area contributed by atoms with Crippen LogP contribution in [0.15, 0.2) is 10.8 Å². The van der Waals surface area contributed by atoms with E-state index in [4.69, 9.17) is 9.47 Å². The van der Waals surface area contributed by atoms with Crippen molar-refractivity contribution in [2.24, 2.45) is 0 Å². The summed E-state index contributed by atoms with van der Waals surface area (Å²) in [5, 5.41) is 2.84. The second-order valence-electron chi connectivity index (χ2n) is 3.97. The van der Waals surface area contributed by atoms with Crippen molar-refractivity contribution in [2.75, 3.05) is 13.7 Å². The third kappa shape index (κ3) is 3.39. The van der Waals surface area contributed by atoms with Gasteiger partial charge in [0.15, 0.2) is 0 Å². The molecule has 7 heteroatoms. The number of halogens is 1. The molecule has 6 nitrogen and oxygen atoms in total. The van der Waals surface area contributed by atoms with Crippen molar-refractivity contribution in [1.29, 1.82) is 0 Å². The zero-order valence-corrected chi connectivity index (χ0v) is 11.6. The number of methoxy groups -OCH3 is 1.